The third-order valence-corrected chi connectivity index (χ3v) is 8.57. The van der Waals surface area contributed by atoms with Gasteiger partial charge in [0.25, 0.3) is 0 Å². The fourth-order valence-electron chi connectivity index (χ4n) is 6.78. The molecule has 0 saturated carbocycles. The molecule has 0 aliphatic heterocycles. The van der Waals surface area contributed by atoms with Crippen molar-refractivity contribution in [1.29, 1.82) is 0 Å². The Morgan fingerprint density at radius 3 is 1.60 bits per heavy atom. The molecule has 0 bridgehead atoms. The van der Waals surface area contributed by atoms with Gasteiger partial charge in [0, 0.05) is 16.2 Å². The Morgan fingerprint density at radius 2 is 0.905 bits per heavy atom. The highest BCUT2D eigenvalue weighted by atomic mass is 16.4. The van der Waals surface area contributed by atoms with Crippen LogP contribution < -0.4 is 0 Å². The first-order valence-electron chi connectivity index (χ1n) is 14.3. The van der Waals surface area contributed by atoms with Crippen LogP contribution in [-0.4, -0.2) is 0 Å². The summed E-state index contributed by atoms with van der Waals surface area (Å²) in [5.41, 5.74) is 9.72. The highest BCUT2D eigenvalue weighted by Gasteiger charge is 2.22. The maximum atomic E-state index is 6.33. The van der Waals surface area contributed by atoms with E-state index in [1.807, 2.05) is 12.1 Å². The first kappa shape index (κ1) is 23.1. The third-order valence-electron chi connectivity index (χ3n) is 8.57. The smallest absolute Gasteiger partial charge is 0.178 e. The lowest BCUT2D eigenvalue weighted by atomic mass is 9.83. The van der Waals surface area contributed by atoms with Gasteiger partial charge in [-0.3, -0.25) is 0 Å². The molecule has 42 heavy (non-hydrogen) atoms. The van der Waals surface area contributed by atoms with Crippen molar-refractivity contribution in [2.45, 2.75) is 0 Å². The van der Waals surface area contributed by atoms with Crippen molar-refractivity contribution < 1.29 is 8.83 Å². The molecule has 0 amide bonds. The summed E-state index contributed by atoms with van der Waals surface area (Å²) in [5.74, 6) is 0. The van der Waals surface area contributed by atoms with Crippen LogP contribution in [0.5, 0.6) is 0 Å². The SMILES string of the molecule is c1ccc(-c2ccccc2-c2c3ccccc3c(-c3cc4c5ccccc5oc4c4occc34)c3ccccc23)cc1. The van der Waals surface area contributed by atoms with Gasteiger partial charge in [-0.2, -0.15) is 0 Å². The van der Waals surface area contributed by atoms with Crippen LogP contribution in [0.4, 0.5) is 0 Å². The summed E-state index contributed by atoms with van der Waals surface area (Å²) in [6, 6.07) is 49.7. The van der Waals surface area contributed by atoms with Crippen LogP contribution in [0.1, 0.15) is 0 Å². The van der Waals surface area contributed by atoms with E-state index in [1.165, 1.54) is 49.4 Å². The van der Waals surface area contributed by atoms with Gasteiger partial charge in [-0.25, -0.2) is 0 Å². The Hall–Kier alpha value is -5.60. The molecule has 0 spiro atoms. The minimum absolute atomic E-state index is 0.783. The molecular formula is C40H24O2. The number of hydrogen-bond donors (Lipinski definition) is 0. The first-order chi connectivity index (χ1) is 20.9. The monoisotopic (exact) mass is 536 g/mol. The lowest BCUT2D eigenvalue weighted by Crippen LogP contribution is -1.93. The highest BCUT2D eigenvalue weighted by molar-refractivity contribution is 6.26. The predicted molar refractivity (Wildman–Crippen MR) is 175 cm³/mol. The number of rotatable bonds is 3. The van der Waals surface area contributed by atoms with E-state index >= 15 is 0 Å². The van der Waals surface area contributed by atoms with Gasteiger partial charge in [0.1, 0.15) is 5.58 Å². The van der Waals surface area contributed by atoms with E-state index in [9.17, 15) is 0 Å². The van der Waals surface area contributed by atoms with Crippen LogP contribution in [-0.2, 0) is 0 Å². The summed E-state index contributed by atoms with van der Waals surface area (Å²) in [7, 11) is 0. The van der Waals surface area contributed by atoms with Gasteiger partial charge in [-0.05, 0) is 73.1 Å². The minimum atomic E-state index is 0.783. The molecule has 9 aromatic rings. The molecule has 0 saturated heterocycles. The average Bonchev–Trinajstić information content (AvgIpc) is 3.69. The molecule has 0 aliphatic rings. The van der Waals surface area contributed by atoms with E-state index in [0.717, 1.165) is 38.5 Å². The number of fused-ring (bicyclic) bond motifs is 7. The zero-order valence-electron chi connectivity index (χ0n) is 22.7. The summed E-state index contributed by atoms with van der Waals surface area (Å²) < 4.78 is 12.4. The van der Waals surface area contributed by atoms with Crippen molar-refractivity contribution in [3.8, 4) is 33.4 Å². The lowest BCUT2D eigenvalue weighted by Gasteiger charge is -2.20. The van der Waals surface area contributed by atoms with Gasteiger partial charge in [0.15, 0.2) is 11.2 Å². The molecule has 0 N–H and O–H groups in total. The van der Waals surface area contributed by atoms with Crippen molar-refractivity contribution >= 4 is 54.5 Å². The molecule has 2 nitrogen and oxygen atoms in total. The van der Waals surface area contributed by atoms with E-state index < -0.39 is 0 Å². The summed E-state index contributed by atoms with van der Waals surface area (Å²) in [6.45, 7) is 0. The summed E-state index contributed by atoms with van der Waals surface area (Å²) in [5, 5.41) is 8.08. The van der Waals surface area contributed by atoms with Crippen LogP contribution in [0.2, 0.25) is 0 Å². The Balaban J connectivity index is 1.45. The molecule has 0 atom stereocenters. The number of furan rings is 2. The molecule has 0 radical (unpaired) electrons. The second kappa shape index (κ2) is 8.95. The van der Waals surface area contributed by atoms with E-state index in [1.54, 1.807) is 6.26 Å². The largest absolute Gasteiger partial charge is 0.460 e. The molecular weight excluding hydrogens is 512 g/mol. The van der Waals surface area contributed by atoms with Crippen LogP contribution in [0.25, 0.3) is 87.8 Å². The molecule has 196 valence electrons. The molecule has 2 heteroatoms. The first-order valence-corrected chi connectivity index (χ1v) is 14.3. The summed E-state index contributed by atoms with van der Waals surface area (Å²) in [4.78, 5) is 0. The van der Waals surface area contributed by atoms with Gasteiger partial charge in [0.2, 0.25) is 0 Å². The lowest BCUT2D eigenvalue weighted by molar-refractivity contribution is 0.600. The van der Waals surface area contributed by atoms with Gasteiger partial charge in [-0.1, -0.05) is 121 Å². The standard InChI is InChI=1S/C40H24O2/c1-2-12-25(13-3-1)26-14-4-5-16-28(26)37-29-17-6-8-19-31(29)38(32-20-9-7-18-30(32)37)34-24-35-27-15-10-11-21-36(27)42-40(35)39-33(34)22-23-41-39/h1-24H. The quantitative estimate of drug-likeness (QED) is 0.210. The Morgan fingerprint density at radius 1 is 0.357 bits per heavy atom. The van der Waals surface area contributed by atoms with Gasteiger partial charge >= 0.3 is 0 Å². The molecule has 9 rings (SSSR count). The summed E-state index contributed by atoms with van der Waals surface area (Å²) in [6.07, 6.45) is 1.77. The minimum Gasteiger partial charge on any atom is -0.460 e. The Labute approximate surface area is 242 Å². The molecule has 2 aromatic heterocycles. The van der Waals surface area contributed by atoms with Gasteiger partial charge in [0.05, 0.1) is 6.26 Å². The zero-order chi connectivity index (χ0) is 27.6. The Bertz CT molecular complexity index is 2400. The molecule has 0 unspecified atom stereocenters. The van der Waals surface area contributed by atoms with Crippen molar-refractivity contribution in [3.63, 3.8) is 0 Å². The third kappa shape index (κ3) is 3.27. The summed E-state index contributed by atoms with van der Waals surface area (Å²) >= 11 is 0. The second-order valence-electron chi connectivity index (χ2n) is 10.8. The zero-order valence-corrected chi connectivity index (χ0v) is 22.7. The van der Waals surface area contributed by atoms with Crippen molar-refractivity contribution in [3.05, 3.63) is 146 Å². The van der Waals surface area contributed by atoms with Crippen LogP contribution in [0, 0.1) is 0 Å². The van der Waals surface area contributed by atoms with E-state index in [2.05, 4.69) is 127 Å². The van der Waals surface area contributed by atoms with E-state index in [4.69, 9.17) is 8.83 Å². The molecule has 0 aliphatic carbocycles. The molecule has 2 heterocycles. The normalized spacial score (nSPS) is 11.8. The van der Waals surface area contributed by atoms with Gasteiger partial charge in [-0.15, -0.1) is 0 Å². The predicted octanol–water partition coefficient (Wildman–Crippen LogP) is 11.6. The van der Waals surface area contributed by atoms with Crippen LogP contribution in [0.3, 0.4) is 0 Å². The Kier molecular flexibility index (Phi) is 4.93. The van der Waals surface area contributed by atoms with Crippen molar-refractivity contribution in [1.82, 2.24) is 0 Å². The maximum Gasteiger partial charge on any atom is 0.178 e. The van der Waals surface area contributed by atoms with Crippen LogP contribution in [0.15, 0.2) is 155 Å². The van der Waals surface area contributed by atoms with Crippen LogP contribution >= 0.6 is 0 Å². The number of hydrogen-bond acceptors (Lipinski definition) is 2. The van der Waals surface area contributed by atoms with Gasteiger partial charge < -0.3 is 8.83 Å². The fraction of sp³-hybridized carbons (Fsp3) is 0. The second-order valence-corrected chi connectivity index (χ2v) is 10.8. The van der Waals surface area contributed by atoms with Crippen molar-refractivity contribution in [2.75, 3.05) is 0 Å². The van der Waals surface area contributed by atoms with E-state index in [-0.39, 0.29) is 0 Å². The number of para-hydroxylation sites is 1. The fourth-order valence-corrected chi connectivity index (χ4v) is 6.78. The highest BCUT2D eigenvalue weighted by Crippen LogP contribution is 2.49. The van der Waals surface area contributed by atoms with E-state index in [0.29, 0.717) is 0 Å². The topological polar surface area (TPSA) is 26.3 Å². The number of benzene rings is 7. The van der Waals surface area contributed by atoms with Crippen molar-refractivity contribution in [2.24, 2.45) is 0 Å². The molecule has 7 aromatic carbocycles. The molecule has 0 fully saturated rings. The average molecular weight is 537 g/mol. The maximum absolute atomic E-state index is 6.33.